The Labute approximate surface area is 329 Å². The first-order chi connectivity index (χ1) is 28.2. The van der Waals surface area contributed by atoms with Crippen LogP contribution in [0.25, 0.3) is 120 Å². The predicted octanol–water partition coefficient (Wildman–Crippen LogP) is 16.0. The van der Waals surface area contributed by atoms with E-state index in [0.29, 0.717) is 0 Å². The number of hydrogen-bond acceptors (Lipinski definition) is 1. The Morgan fingerprint density at radius 1 is 0.193 bits per heavy atom. The van der Waals surface area contributed by atoms with E-state index < -0.39 is 0 Å². The van der Waals surface area contributed by atoms with Gasteiger partial charge in [-0.1, -0.05) is 182 Å². The summed E-state index contributed by atoms with van der Waals surface area (Å²) < 4.78 is 6.05. The topological polar surface area (TPSA) is 13.1 Å². The van der Waals surface area contributed by atoms with Gasteiger partial charge in [-0.05, 0) is 123 Å². The fraction of sp³-hybridized carbons (Fsp3) is 0. The normalized spacial score (nSPS) is 11.9. The van der Waals surface area contributed by atoms with Gasteiger partial charge in [0, 0.05) is 10.8 Å². The van der Waals surface area contributed by atoms with Crippen LogP contribution in [0.3, 0.4) is 0 Å². The van der Waals surface area contributed by atoms with Crippen LogP contribution in [0, 0.1) is 0 Å². The summed E-state index contributed by atoms with van der Waals surface area (Å²) in [6.07, 6.45) is 0. The predicted molar refractivity (Wildman–Crippen MR) is 243 cm³/mol. The average molecular weight is 723 g/mol. The maximum absolute atomic E-state index is 6.05. The van der Waals surface area contributed by atoms with Crippen molar-refractivity contribution in [3.05, 3.63) is 206 Å². The molecule has 0 fully saturated rings. The zero-order valence-electron chi connectivity index (χ0n) is 31.0. The highest BCUT2D eigenvalue weighted by Crippen LogP contribution is 2.45. The van der Waals surface area contributed by atoms with Gasteiger partial charge in [0.15, 0.2) is 0 Å². The van der Waals surface area contributed by atoms with Gasteiger partial charge in [0.2, 0.25) is 0 Å². The fourth-order valence-corrected chi connectivity index (χ4v) is 9.27. The lowest BCUT2D eigenvalue weighted by molar-refractivity contribution is 0.669. The van der Waals surface area contributed by atoms with Crippen molar-refractivity contribution in [1.82, 2.24) is 0 Å². The molecular formula is C56H34O. The molecular weight excluding hydrogens is 689 g/mol. The molecule has 0 saturated carbocycles. The van der Waals surface area contributed by atoms with Gasteiger partial charge < -0.3 is 4.42 Å². The highest BCUT2D eigenvalue weighted by atomic mass is 16.3. The van der Waals surface area contributed by atoms with Gasteiger partial charge in [-0.25, -0.2) is 0 Å². The highest BCUT2D eigenvalue weighted by Gasteiger charge is 2.16. The van der Waals surface area contributed by atoms with Crippen molar-refractivity contribution >= 4 is 75.8 Å². The van der Waals surface area contributed by atoms with E-state index in [9.17, 15) is 0 Å². The maximum Gasteiger partial charge on any atom is 0.135 e. The van der Waals surface area contributed by atoms with E-state index in [4.69, 9.17) is 4.42 Å². The molecule has 1 heterocycles. The molecule has 0 bridgehead atoms. The van der Waals surface area contributed by atoms with Crippen LogP contribution in [0.15, 0.2) is 211 Å². The van der Waals surface area contributed by atoms with Crippen LogP contribution < -0.4 is 0 Å². The molecule has 0 N–H and O–H groups in total. The standard InChI is InChI=1S/C56H34O/c1-4-13-48-43(9-1)44-10-2-6-15-50(44)56-52-34-41(29-31-46(52)45-11-3-5-14-49(45)55(48)56)39-25-21-37(22-26-39)35-17-19-36(20-18-35)38-23-27-40(28-24-38)42-30-32-54-51(33-42)47-12-7-8-16-53(47)57-54/h1-34H. The monoisotopic (exact) mass is 722 g/mol. The first-order valence-electron chi connectivity index (χ1n) is 19.7. The van der Waals surface area contributed by atoms with Crippen molar-refractivity contribution in [3.8, 4) is 44.5 Å². The minimum atomic E-state index is 0.922. The zero-order valence-corrected chi connectivity index (χ0v) is 31.0. The summed E-state index contributed by atoms with van der Waals surface area (Å²) in [6, 6.07) is 75.3. The Morgan fingerprint density at radius 2 is 0.491 bits per heavy atom. The van der Waals surface area contributed by atoms with E-state index in [1.54, 1.807) is 0 Å². The van der Waals surface area contributed by atoms with Crippen LogP contribution in [0.5, 0.6) is 0 Å². The molecule has 264 valence electrons. The Morgan fingerprint density at radius 3 is 0.965 bits per heavy atom. The Kier molecular flexibility index (Phi) is 7.00. The summed E-state index contributed by atoms with van der Waals surface area (Å²) in [5, 5.41) is 15.4. The first-order valence-corrected chi connectivity index (χ1v) is 19.7. The summed E-state index contributed by atoms with van der Waals surface area (Å²) in [5.41, 5.74) is 11.5. The molecule has 11 aromatic carbocycles. The molecule has 0 amide bonds. The van der Waals surface area contributed by atoms with E-state index in [-0.39, 0.29) is 0 Å². The third-order valence-electron chi connectivity index (χ3n) is 12.1. The van der Waals surface area contributed by atoms with Crippen LogP contribution in [0.2, 0.25) is 0 Å². The molecule has 12 rings (SSSR count). The summed E-state index contributed by atoms with van der Waals surface area (Å²) in [7, 11) is 0. The summed E-state index contributed by atoms with van der Waals surface area (Å²) in [4.78, 5) is 0. The maximum atomic E-state index is 6.05. The third kappa shape index (κ3) is 5.03. The molecule has 57 heavy (non-hydrogen) atoms. The van der Waals surface area contributed by atoms with Crippen molar-refractivity contribution in [1.29, 1.82) is 0 Å². The number of hydrogen-bond donors (Lipinski definition) is 0. The van der Waals surface area contributed by atoms with Crippen LogP contribution in [0.1, 0.15) is 0 Å². The number of benzene rings is 11. The number of rotatable bonds is 4. The van der Waals surface area contributed by atoms with Crippen LogP contribution >= 0.6 is 0 Å². The molecule has 0 atom stereocenters. The number of fused-ring (bicyclic) bond motifs is 14. The molecule has 0 saturated heterocycles. The van der Waals surface area contributed by atoms with E-state index in [1.807, 2.05) is 12.1 Å². The minimum Gasteiger partial charge on any atom is -0.456 e. The van der Waals surface area contributed by atoms with E-state index in [1.165, 1.54) is 98.4 Å². The lowest BCUT2D eigenvalue weighted by Gasteiger charge is -2.17. The summed E-state index contributed by atoms with van der Waals surface area (Å²) >= 11 is 0. The van der Waals surface area contributed by atoms with Crippen molar-refractivity contribution in [2.24, 2.45) is 0 Å². The first kappa shape index (κ1) is 31.8. The molecule has 0 aliphatic heterocycles. The van der Waals surface area contributed by atoms with Crippen LogP contribution in [-0.4, -0.2) is 0 Å². The lowest BCUT2D eigenvalue weighted by Crippen LogP contribution is -1.89. The van der Waals surface area contributed by atoms with Crippen molar-refractivity contribution in [2.45, 2.75) is 0 Å². The van der Waals surface area contributed by atoms with E-state index >= 15 is 0 Å². The largest absolute Gasteiger partial charge is 0.456 e. The van der Waals surface area contributed by atoms with Crippen molar-refractivity contribution < 1.29 is 4.42 Å². The Balaban J connectivity index is 0.874. The lowest BCUT2D eigenvalue weighted by atomic mass is 9.86. The van der Waals surface area contributed by atoms with Gasteiger partial charge in [-0.15, -0.1) is 0 Å². The molecule has 12 aromatic rings. The SMILES string of the molecule is c1ccc2c(c1)oc1ccc(-c3ccc(-c4ccc(-c5ccc(-c6ccc7c8ccccc8c8c9ccccc9c9ccccc9c8c7c6)cc5)cc4)cc3)cc12. The van der Waals surface area contributed by atoms with E-state index in [0.717, 1.165) is 21.9 Å². The molecule has 0 radical (unpaired) electrons. The van der Waals surface area contributed by atoms with Crippen molar-refractivity contribution in [3.63, 3.8) is 0 Å². The number of para-hydroxylation sites is 1. The molecule has 1 aromatic heterocycles. The zero-order chi connectivity index (χ0) is 37.5. The molecule has 1 heteroatoms. The smallest absolute Gasteiger partial charge is 0.135 e. The summed E-state index contributed by atoms with van der Waals surface area (Å²) in [6.45, 7) is 0. The van der Waals surface area contributed by atoms with Gasteiger partial charge in [-0.2, -0.15) is 0 Å². The highest BCUT2D eigenvalue weighted by molar-refractivity contribution is 6.39. The third-order valence-corrected chi connectivity index (χ3v) is 12.1. The fourth-order valence-electron chi connectivity index (χ4n) is 9.27. The van der Waals surface area contributed by atoms with Crippen LogP contribution in [-0.2, 0) is 0 Å². The number of furan rings is 1. The van der Waals surface area contributed by atoms with Gasteiger partial charge >= 0.3 is 0 Å². The molecule has 0 spiro atoms. The Bertz CT molecular complexity index is 3520. The second-order valence-corrected chi connectivity index (χ2v) is 15.2. The second-order valence-electron chi connectivity index (χ2n) is 15.2. The van der Waals surface area contributed by atoms with Crippen LogP contribution in [0.4, 0.5) is 0 Å². The summed E-state index contributed by atoms with van der Waals surface area (Å²) in [5.74, 6) is 0. The molecule has 1 nitrogen and oxygen atoms in total. The van der Waals surface area contributed by atoms with E-state index in [2.05, 4.69) is 194 Å². The minimum absolute atomic E-state index is 0.922. The van der Waals surface area contributed by atoms with Gasteiger partial charge in [0.25, 0.3) is 0 Å². The quantitative estimate of drug-likeness (QED) is 0.165. The average Bonchev–Trinajstić information content (AvgIpc) is 3.67. The molecule has 0 unspecified atom stereocenters. The van der Waals surface area contributed by atoms with Gasteiger partial charge in [0.05, 0.1) is 0 Å². The molecule has 0 aliphatic carbocycles. The Hall–Kier alpha value is -7.48. The van der Waals surface area contributed by atoms with Crippen molar-refractivity contribution in [2.75, 3.05) is 0 Å². The van der Waals surface area contributed by atoms with Gasteiger partial charge in [-0.3, -0.25) is 0 Å². The molecule has 0 aliphatic rings. The second kappa shape index (κ2) is 12.5. The van der Waals surface area contributed by atoms with Gasteiger partial charge in [0.1, 0.15) is 11.2 Å².